The number of rotatable bonds is 5. The van der Waals surface area contributed by atoms with Crippen molar-refractivity contribution in [3.05, 3.63) is 23.8 Å². The van der Waals surface area contributed by atoms with Crippen LogP contribution in [0.3, 0.4) is 0 Å². The first-order valence-corrected chi connectivity index (χ1v) is 6.94. The van der Waals surface area contributed by atoms with Crippen molar-refractivity contribution >= 4 is 23.4 Å². The van der Waals surface area contributed by atoms with Crippen LogP contribution in [0.5, 0.6) is 0 Å². The molecule has 0 radical (unpaired) electrons. The van der Waals surface area contributed by atoms with Gasteiger partial charge in [-0.1, -0.05) is 0 Å². The van der Waals surface area contributed by atoms with Gasteiger partial charge in [-0.15, -0.1) is 11.8 Å². The van der Waals surface area contributed by atoms with Crippen LogP contribution >= 0.6 is 11.8 Å². The van der Waals surface area contributed by atoms with Crippen molar-refractivity contribution in [3.8, 4) is 6.07 Å². The molecule has 0 heterocycles. The first-order chi connectivity index (χ1) is 9.75. The van der Waals surface area contributed by atoms with Crippen LogP contribution in [0.15, 0.2) is 23.1 Å². The van der Waals surface area contributed by atoms with Gasteiger partial charge in [0.25, 0.3) is 0 Å². The number of alkyl halides is 3. The fourth-order valence-electron chi connectivity index (χ4n) is 1.45. The summed E-state index contributed by atoms with van der Waals surface area (Å²) >= 11 is 1.07. The van der Waals surface area contributed by atoms with Gasteiger partial charge in [-0.05, 0) is 18.2 Å². The molecular weight excluding hydrogens is 303 g/mol. The maximum absolute atomic E-state index is 12.5. The third-order valence-corrected chi connectivity index (χ3v) is 3.75. The summed E-state index contributed by atoms with van der Waals surface area (Å²) in [7, 11) is 1.57. The van der Waals surface area contributed by atoms with E-state index in [4.69, 9.17) is 11.0 Å². The Morgan fingerprint density at radius 3 is 2.67 bits per heavy atom. The minimum absolute atomic E-state index is 0.0118. The third kappa shape index (κ3) is 5.19. The summed E-state index contributed by atoms with van der Waals surface area (Å²) in [6, 6.07) is 4.97. The van der Waals surface area contributed by atoms with Crippen LogP contribution in [0.2, 0.25) is 0 Å². The average molecular weight is 317 g/mol. The van der Waals surface area contributed by atoms with Crippen LogP contribution in [0, 0.1) is 11.3 Å². The highest BCUT2D eigenvalue weighted by molar-refractivity contribution is 8.00. The largest absolute Gasteiger partial charge is 0.416 e. The highest BCUT2D eigenvalue weighted by atomic mass is 32.2. The van der Waals surface area contributed by atoms with Crippen molar-refractivity contribution < 1.29 is 18.0 Å². The summed E-state index contributed by atoms with van der Waals surface area (Å²) in [5, 5.41) is 8.43. The van der Waals surface area contributed by atoms with Gasteiger partial charge in [0.05, 0.1) is 23.8 Å². The summed E-state index contributed by atoms with van der Waals surface area (Å²) in [5.74, 6) is -0.160. The van der Waals surface area contributed by atoms with E-state index >= 15 is 0 Å². The number of carbonyl (C=O) groups excluding carboxylic acids is 1. The molecule has 8 heteroatoms. The number of nitrogen functional groups attached to an aromatic ring is 1. The molecule has 0 atom stereocenters. The van der Waals surface area contributed by atoms with E-state index in [9.17, 15) is 18.0 Å². The molecule has 0 fully saturated rings. The molecule has 0 saturated heterocycles. The fraction of sp³-hybridized carbons (Fsp3) is 0.385. The summed E-state index contributed by atoms with van der Waals surface area (Å²) in [6.07, 6.45) is -4.21. The van der Waals surface area contributed by atoms with E-state index < -0.39 is 11.7 Å². The van der Waals surface area contributed by atoms with Crippen molar-refractivity contribution in [1.82, 2.24) is 4.90 Å². The lowest BCUT2D eigenvalue weighted by Gasteiger charge is -2.15. The predicted octanol–water partition coefficient (Wildman–Crippen LogP) is 2.75. The zero-order valence-electron chi connectivity index (χ0n) is 11.3. The smallest absolute Gasteiger partial charge is 0.398 e. The van der Waals surface area contributed by atoms with Crippen LogP contribution in [0.1, 0.15) is 12.0 Å². The number of carbonyl (C=O) groups is 1. The number of hydrogen-bond acceptors (Lipinski definition) is 4. The van der Waals surface area contributed by atoms with Gasteiger partial charge in [-0.2, -0.15) is 18.4 Å². The Labute approximate surface area is 124 Å². The Hall–Kier alpha value is -1.88. The maximum Gasteiger partial charge on any atom is 0.416 e. The lowest BCUT2D eigenvalue weighted by molar-refractivity contribution is -0.137. The predicted molar refractivity (Wildman–Crippen MR) is 74.4 cm³/mol. The Morgan fingerprint density at radius 2 is 2.14 bits per heavy atom. The Balaban J connectivity index is 2.64. The van der Waals surface area contributed by atoms with Gasteiger partial charge in [-0.25, -0.2) is 0 Å². The second-order valence-corrected chi connectivity index (χ2v) is 5.28. The lowest BCUT2D eigenvalue weighted by Crippen LogP contribution is -2.29. The second kappa shape index (κ2) is 7.22. The fourth-order valence-corrected chi connectivity index (χ4v) is 2.34. The van der Waals surface area contributed by atoms with E-state index in [1.165, 1.54) is 11.0 Å². The van der Waals surface area contributed by atoms with Crippen molar-refractivity contribution in [2.75, 3.05) is 25.1 Å². The van der Waals surface area contributed by atoms with Crippen LogP contribution in [-0.4, -0.2) is 30.2 Å². The Morgan fingerprint density at radius 1 is 1.48 bits per heavy atom. The monoisotopic (exact) mass is 317 g/mol. The Bertz CT molecular complexity index is 555. The van der Waals surface area contributed by atoms with E-state index in [0.29, 0.717) is 11.4 Å². The minimum atomic E-state index is -4.44. The molecule has 0 aromatic heterocycles. The van der Waals surface area contributed by atoms with Crippen LogP contribution in [0.4, 0.5) is 18.9 Å². The SMILES string of the molecule is CN(CCC#N)C(=O)CSc1ccc(C(F)(F)F)cc1N. The quantitative estimate of drug-likeness (QED) is 0.669. The second-order valence-electron chi connectivity index (χ2n) is 4.26. The standard InChI is InChI=1S/C13H14F3N3OS/c1-19(6-2-5-17)12(20)8-21-11-4-3-9(7-10(11)18)13(14,15)16/h3-4,7H,2,6,8,18H2,1H3. The third-order valence-electron chi connectivity index (χ3n) is 2.67. The van der Waals surface area contributed by atoms with Crippen LogP contribution in [-0.2, 0) is 11.0 Å². The summed E-state index contributed by atoms with van der Waals surface area (Å²) in [6.45, 7) is 0.318. The molecule has 0 aliphatic heterocycles. The minimum Gasteiger partial charge on any atom is -0.398 e. The van der Waals surface area contributed by atoms with Crippen LogP contribution < -0.4 is 5.73 Å². The van der Waals surface area contributed by atoms with Gasteiger partial charge in [-0.3, -0.25) is 4.79 Å². The van der Waals surface area contributed by atoms with Gasteiger partial charge < -0.3 is 10.6 Å². The van der Waals surface area contributed by atoms with Gasteiger partial charge in [0.2, 0.25) is 5.91 Å². The molecule has 0 aliphatic rings. The number of thioether (sulfide) groups is 1. The number of hydrogen-bond donors (Lipinski definition) is 1. The molecule has 0 aliphatic carbocycles. The molecule has 1 amide bonds. The van der Waals surface area contributed by atoms with Crippen molar-refractivity contribution in [2.24, 2.45) is 0 Å². The molecule has 0 spiro atoms. The number of anilines is 1. The van der Waals surface area contributed by atoms with Gasteiger partial charge in [0, 0.05) is 24.2 Å². The molecule has 1 rings (SSSR count). The van der Waals surface area contributed by atoms with Gasteiger partial charge >= 0.3 is 6.18 Å². The Kier molecular flexibility index (Phi) is 5.90. The molecule has 1 aromatic carbocycles. The topological polar surface area (TPSA) is 70.1 Å². The number of benzene rings is 1. The summed E-state index contributed by atoms with van der Waals surface area (Å²) < 4.78 is 37.5. The number of nitrogens with zero attached hydrogens (tertiary/aromatic N) is 2. The summed E-state index contributed by atoms with van der Waals surface area (Å²) in [5.41, 5.74) is 4.74. The maximum atomic E-state index is 12.5. The van der Waals surface area contributed by atoms with E-state index in [0.717, 1.165) is 23.9 Å². The molecule has 0 unspecified atom stereocenters. The number of nitrogens with two attached hydrogens (primary N) is 1. The van der Waals surface area contributed by atoms with Crippen molar-refractivity contribution in [2.45, 2.75) is 17.5 Å². The van der Waals surface area contributed by atoms with Gasteiger partial charge in [0.1, 0.15) is 0 Å². The highest BCUT2D eigenvalue weighted by Gasteiger charge is 2.30. The van der Waals surface area contributed by atoms with E-state index in [2.05, 4.69) is 0 Å². The molecule has 0 saturated carbocycles. The molecule has 1 aromatic rings. The zero-order chi connectivity index (χ0) is 16.0. The molecular formula is C13H14F3N3OS. The first kappa shape index (κ1) is 17.2. The van der Waals surface area contributed by atoms with E-state index in [-0.39, 0.29) is 23.8 Å². The van der Waals surface area contributed by atoms with Crippen molar-refractivity contribution in [3.63, 3.8) is 0 Å². The lowest BCUT2D eigenvalue weighted by atomic mass is 10.2. The molecule has 0 bridgehead atoms. The molecule has 2 N–H and O–H groups in total. The van der Waals surface area contributed by atoms with Gasteiger partial charge in [0.15, 0.2) is 0 Å². The van der Waals surface area contributed by atoms with E-state index in [1.807, 2.05) is 6.07 Å². The number of nitriles is 1. The molecule has 21 heavy (non-hydrogen) atoms. The summed E-state index contributed by atoms with van der Waals surface area (Å²) in [4.78, 5) is 13.6. The molecule has 4 nitrogen and oxygen atoms in total. The normalized spacial score (nSPS) is 11.0. The van der Waals surface area contributed by atoms with E-state index in [1.54, 1.807) is 7.05 Å². The number of amides is 1. The molecule has 114 valence electrons. The first-order valence-electron chi connectivity index (χ1n) is 5.96. The average Bonchev–Trinajstić information content (AvgIpc) is 2.41. The van der Waals surface area contributed by atoms with Crippen LogP contribution in [0.25, 0.3) is 0 Å². The zero-order valence-corrected chi connectivity index (χ0v) is 12.1. The highest BCUT2D eigenvalue weighted by Crippen LogP contribution is 2.34. The number of halogens is 3. The van der Waals surface area contributed by atoms with Crippen molar-refractivity contribution in [1.29, 1.82) is 5.26 Å².